The standard InChI is InChI=1S/C20H22N4O/c25-19(13-23-10-14-6-7-17(23)8-14)24-11-16-9-21-20(22-18(16)12-24)15-4-2-1-3-5-15/h1-5,9,14,17H,6-8,10-13H2/t14-,17+/m0/s1. The molecule has 0 N–H and O–H groups in total. The zero-order chi connectivity index (χ0) is 16.8. The molecule has 5 heteroatoms. The molecule has 3 heterocycles. The second-order valence-corrected chi connectivity index (χ2v) is 7.54. The van der Waals surface area contributed by atoms with Gasteiger partial charge in [0.25, 0.3) is 0 Å². The number of piperidine rings is 1. The molecule has 2 atom stereocenters. The summed E-state index contributed by atoms with van der Waals surface area (Å²) in [6.07, 6.45) is 5.79. The van der Waals surface area contributed by atoms with Crippen molar-refractivity contribution in [1.82, 2.24) is 19.8 Å². The van der Waals surface area contributed by atoms with Crippen molar-refractivity contribution in [3.8, 4) is 11.4 Å². The van der Waals surface area contributed by atoms with Crippen LogP contribution >= 0.6 is 0 Å². The SMILES string of the molecule is O=C(CN1C[C@H]2CC[C@@H]1C2)N1Cc2cnc(-c3ccccc3)nc2C1. The lowest BCUT2D eigenvalue weighted by Crippen LogP contribution is -2.41. The highest BCUT2D eigenvalue weighted by Gasteiger charge is 2.39. The average Bonchev–Trinajstić information content (AvgIpc) is 3.36. The van der Waals surface area contributed by atoms with Gasteiger partial charge in [0.2, 0.25) is 5.91 Å². The van der Waals surface area contributed by atoms with Gasteiger partial charge in [-0.25, -0.2) is 9.97 Å². The van der Waals surface area contributed by atoms with E-state index in [2.05, 4.69) is 9.88 Å². The summed E-state index contributed by atoms with van der Waals surface area (Å²) in [5.41, 5.74) is 3.09. The third kappa shape index (κ3) is 2.72. The molecule has 0 unspecified atom stereocenters. The van der Waals surface area contributed by atoms with Gasteiger partial charge >= 0.3 is 0 Å². The molecule has 5 nitrogen and oxygen atoms in total. The van der Waals surface area contributed by atoms with Crippen molar-refractivity contribution in [2.75, 3.05) is 13.1 Å². The zero-order valence-electron chi connectivity index (χ0n) is 14.3. The highest BCUT2D eigenvalue weighted by atomic mass is 16.2. The number of hydrogen-bond donors (Lipinski definition) is 0. The number of hydrogen-bond acceptors (Lipinski definition) is 4. The summed E-state index contributed by atoms with van der Waals surface area (Å²) in [5.74, 6) is 1.80. The Hall–Kier alpha value is -2.27. The number of likely N-dealkylation sites (tertiary alicyclic amines) is 1. The van der Waals surface area contributed by atoms with Crippen LogP contribution < -0.4 is 0 Å². The number of carbonyl (C=O) groups excluding carboxylic acids is 1. The first kappa shape index (κ1) is 15.0. The van der Waals surface area contributed by atoms with E-state index < -0.39 is 0 Å². The topological polar surface area (TPSA) is 49.3 Å². The molecule has 5 rings (SSSR count). The van der Waals surface area contributed by atoms with Crippen molar-refractivity contribution >= 4 is 5.91 Å². The van der Waals surface area contributed by atoms with Gasteiger partial charge in [-0.3, -0.25) is 9.69 Å². The van der Waals surface area contributed by atoms with Gasteiger partial charge in [-0.1, -0.05) is 30.3 Å². The van der Waals surface area contributed by atoms with E-state index in [9.17, 15) is 4.79 Å². The summed E-state index contributed by atoms with van der Waals surface area (Å²) < 4.78 is 0. The Bertz CT molecular complexity index is 807. The van der Waals surface area contributed by atoms with E-state index in [1.807, 2.05) is 41.4 Å². The van der Waals surface area contributed by atoms with Crippen LogP contribution in [0, 0.1) is 5.92 Å². The van der Waals surface area contributed by atoms with Crippen molar-refractivity contribution in [2.45, 2.75) is 38.4 Å². The molecule has 25 heavy (non-hydrogen) atoms. The predicted octanol–water partition coefficient (Wildman–Crippen LogP) is 2.47. The third-order valence-corrected chi connectivity index (χ3v) is 5.90. The van der Waals surface area contributed by atoms with Crippen LogP contribution in [0.1, 0.15) is 30.5 Å². The summed E-state index contributed by atoms with van der Waals surface area (Å²) in [4.78, 5) is 26.3. The fourth-order valence-electron chi connectivity index (χ4n) is 4.55. The number of fused-ring (bicyclic) bond motifs is 3. The van der Waals surface area contributed by atoms with Gasteiger partial charge in [-0.05, 0) is 25.2 Å². The van der Waals surface area contributed by atoms with Gasteiger partial charge in [0.15, 0.2) is 5.82 Å². The number of rotatable bonds is 3. The Labute approximate surface area is 147 Å². The molecule has 1 saturated heterocycles. The first-order valence-electron chi connectivity index (χ1n) is 9.18. The van der Waals surface area contributed by atoms with Crippen LogP contribution in [0.4, 0.5) is 0 Å². The minimum Gasteiger partial charge on any atom is -0.331 e. The van der Waals surface area contributed by atoms with Gasteiger partial charge in [-0.2, -0.15) is 0 Å². The van der Waals surface area contributed by atoms with Gasteiger partial charge in [0.05, 0.1) is 18.8 Å². The second kappa shape index (κ2) is 5.92. The second-order valence-electron chi connectivity index (χ2n) is 7.54. The van der Waals surface area contributed by atoms with Crippen molar-refractivity contribution in [3.05, 3.63) is 47.8 Å². The Kier molecular flexibility index (Phi) is 3.55. The van der Waals surface area contributed by atoms with Crippen LogP contribution in [0.15, 0.2) is 36.5 Å². The molecule has 2 aromatic rings. The quantitative estimate of drug-likeness (QED) is 0.865. The Morgan fingerprint density at radius 1 is 1.16 bits per heavy atom. The first-order valence-corrected chi connectivity index (χ1v) is 9.18. The van der Waals surface area contributed by atoms with Gasteiger partial charge in [-0.15, -0.1) is 0 Å². The summed E-state index contributed by atoms with van der Waals surface area (Å²) in [6.45, 7) is 2.92. The van der Waals surface area contributed by atoms with Crippen LogP contribution in [0.2, 0.25) is 0 Å². The van der Waals surface area contributed by atoms with Crippen LogP contribution in [-0.4, -0.2) is 44.8 Å². The van der Waals surface area contributed by atoms with Crippen LogP contribution in [-0.2, 0) is 17.9 Å². The molecule has 1 aromatic heterocycles. The predicted molar refractivity (Wildman–Crippen MR) is 94.4 cm³/mol. The maximum Gasteiger partial charge on any atom is 0.237 e. The van der Waals surface area contributed by atoms with Gasteiger partial charge in [0, 0.05) is 36.5 Å². The molecule has 1 aliphatic carbocycles. The molecule has 0 radical (unpaired) electrons. The Balaban J connectivity index is 1.28. The van der Waals surface area contributed by atoms with E-state index in [4.69, 9.17) is 4.98 Å². The van der Waals surface area contributed by atoms with E-state index in [1.54, 1.807) is 0 Å². The molecule has 1 aromatic carbocycles. The lowest BCUT2D eigenvalue weighted by atomic mass is 10.1. The molecule has 2 aliphatic heterocycles. The molecule has 0 spiro atoms. The van der Waals surface area contributed by atoms with E-state index in [0.717, 1.165) is 35.1 Å². The van der Waals surface area contributed by atoms with Crippen LogP contribution in [0.3, 0.4) is 0 Å². The van der Waals surface area contributed by atoms with E-state index in [-0.39, 0.29) is 5.91 Å². The number of amides is 1. The normalized spacial score (nSPS) is 24.7. The van der Waals surface area contributed by atoms with Gasteiger partial charge in [0.1, 0.15) is 0 Å². The highest BCUT2D eigenvalue weighted by molar-refractivity contribution is 5.79. The monoisotopic (exact) mass is 334 g/mol. The average molecular weight is 334 g/mol. The molecular weight excluding hydrogens is 312 g/mol. The van der Waals surface area contributed by atoms with Gasteiger partial charge < -0.3 is 4.90 Å². The minimum absolute atomic E-state index is 0.229. The number of carbonyl (C=O) groups is 1. The lowest BCUT2D eigenvalue weighted by Gasteiger charge is -2.28. The van der Waals surface area contributed by atoms with E-state index in [0.29, 0.717) is 25.7 Å². The fourth-order valence-corrected chi connectivity index (χ4v) is 4.55. The van der Waals surface area contributed by atoms with Crippen molar-refractivity contribution in [3.63, 3.8) is 0 Å². The van der Waals surface area contributed by atoms with Crippen molar-refractivity contribution in [2.24, 2.45) is 5.92 Å². The van der Waals surface area contributed by atoms with Crippen molar-refractivity contribution < 1.29 is 4.79 Å². The fraction of sp³-hybridized carbons (Fsp3) is 0.450. The molecule has 3 aliphatic rings. The summed E-state index contributed by atoms with van der Waals surface area (Å²) in [7, 11) is 0. The molecule has 128 valence electrons. The smallest absolute Gasteiger partial charge is 0.237 e. The van der Waals surface area contributed by atoms with E-state index in [1.165, 1.54) is 19.3 Å². The van der Waals surface area contributed by atoms with E-state index >= 15 is 0 Å². The number of aromatic nitrogens is 2. The van der Waals surface area contributed by atoms with Crippen molar-refractivity contribution in [1.29, 1.82) is 0 Å². The molecule has 2 bridgehead atoms. The van der Waals surface area contributed by atoms with Crippen LogP contribution in [0.5, 0.6) is 0 Å². The Morgan fingerprint density at radius 2 is 2.04 bits per heavy atom. The molecule has 1 amide bonds. The first-order chi connectivity index (χ1) is 12.3. The lowest BCUT2D eigenvalue weighted by molar-refractivity contribution is -0.133. The number of nitrogens with zero attached hydrogens (tertiary/aromatic N) is 4. The largest absolute Gasteiger partial charge is 0.331 e. The number of benzene rings is 1. The zero-order valence-corrected chi connectivity index (χ0v) is 14.3. The minimum atomic E-state index is 0.229. The Morgan fingerprint density at radius 3 is 2.80 bits per heavy atom. The van der Waals surface area contributed by atoms with Crippen LogP contribution in [0.25, 0.3) is 11.4 Å². The summed E-state index contributed by atoms with van der Waals surface area (Å²) in [5, 5.41) is 0. The maximum atomic E-state index is 12.7. The molecular formula is C20H22N4O. The third-order valence-electron chi connectivity index (χ3n) is 5.90. The molecule has 1 saturated carbocycles. The summed E-state index contributed by atoms with van der Waals surface area (Å²) >= 11 is 0. The molecule has 2 fully saturated rings. The highest BCUT2D eigenvalue weighted by Crippen LogP contribution is 2.37. The summed E-state index contributed by atoms with van der Waals surface area (Å²) in [6, 6.07) is 10.6. The maximum absolute atomic E-state index is 12.7.